The predicted octanol–water partition coefficient (Wildman–Crippen LogP) is 2.71. The van der Waals surface area contributed by atoms with Gasteiger partial charge in [-0.1, -0.05) is 30.3 Å². The van der Waals surface area contributed by atoms with E-state index in [1.54, 1.807) is 19.5 Å². The Kier molecular flexibility index (Phi) is 4.86. The van der Waals surface area contributed by atoms with Crippen molar-refractivity contribution < 1.29 is 4.74 Å². The van der Waals surface area contributed by atoms with Gasteiger partial charge in [0.25, 0.3) is 0 Å². The lowest BCUT2D eigenvalue weighted by molar-refractivity contribution is 0.417. The van der Waals surface area contributed by atoms with Crippen molar-refractivity contribution in [3.63, 3.8) is 0 Å². The number of nitrogens with zero attached hydrogens (tertiary/aromatic N) is 4. The molecular weight excluding hydrogens is 350 g/mol. The van der Waals surface area contributed by atoms with Gasteiger partial charge in [0.2, 0.25) is 5.28 Å². The summed E-state index contributed by atoms with van der Waals surface area (Å²) in [5.41, 5.74) is 2.01. The second kappa shape index (κ2) is 7.43. The predicted molar refractivity (Wildman–Crippen MR) is 103 cm³/mol. The number of fused-ring (bicyclic) bond motifs is 1. The Balaban J connectivity index is 1.66. The summed E-state index contributed by atoms with van der Waals surface area (Å²) in [6, 6.07) is 10.8. The summed E-state index contributed by atoms with van der Waals surface area (Å²) in [4.78, 5) is 15.2. The highest BCUT2D eigenvalue weighted by atomic mass is 35.5. The van der Waals surface area contributed by atoms with Crippen molar-refractivity contribution in [1.29, 1.82) is 0 Å². The molecule has 3 aromatic rings. The molecule has 26 heavy (non-hydrogen) atoms. The largest absolute Gasteiger partial charge is 0.494 e. The molecule has 1 aliphatic heterocycles. The van der Waals surface area contributed by atoms with E-state index in [0.717, 1.165) is 37.3 Å². The number of hydrogen-bond donors (Lipinski definition) is 1. The van der Waals surface area contributed by atoms with Crippen molar-refractivity contribution in [2.75, 3.05) is 31.6 Å². The Hall–Kier alpha value is -2.44. The van der Waals surface area contributed by atoms with Gasteiger partial charge in [-0.2, -0.15) is 4.98 Å². The smallest absolute Gasteiger partial charge is 0.224 e. The average molecular weight is 370 g/mol. The van der Waals surface area contributed by atoms with Gasteiger partial charge in [0.1, 0.15) is 11.6 Å². The molecule has 1 aliphatic rings. The van der Waals surface area contributed by atoms with Crippen LogP contribution in [0.15, 0.2) is 42.7 Å². The van der Waals surface area contributed by atoms with Gasteiger partial charge in [-0.25, -0.2) is 4.98 Å². The summed E-state index contributed by atoms with van der Waals surface area (Å²) in [6.45, 7) is 2.57. The summed E-state index contributed by atoms with van der Waals surface area (Å²) >= 11 is 6.17. The second-order valence-corrected chi connectivity index (χ2v) is 6.68. The standard InChI is InChI=1S/C19H20ClN5O/c1-26-16-11-21-10-15-17(16)18(24-19(20)23-15)25-8-7-22-14(12-25)9-13-5-3-2-4-6-13/h2-6,10-11,14,22H,7-9,12H2,1H3/t14-/m0/s1. The molecule has 6 nitrogen and oxygen atoms in total. The number of rotatable bonds is 4. The lowest BCUT2D eigenvalue weighted by Gasteiger charge is -2.35. The fourth-order valence-corrected chi connectivity index (χ4v) is 3.62. The summed E-state index contributed by atoms with van der Waals surface area (Å²) in [5.74, 6) is 1.46. The van der Waals surface area contributed by atoms with Gasteiger partial charge in [0.05, 0.1) is 30.4 Å². The molecule has 3 heterocycles. The minimum absolute atomic E-state index is 0.223. The molecule has 7 heteroatoms. The number of nitrogens with one attached hydrogen (secondary N) is 1. The first kappa shape index (κ1) is 17.0. The molecule has 134 valence electrons. The summed E-state index contributed by atoms with van der Waals surface area (Å²) in [5, 5.41) is 4.67. The lowest BCUT2D eigenvalue weighted by atomic mass is 10.0. The maximum Gasteiger partial charge on any atom is 0.224 e. The van der Waals surface area contributed by atoms with E-state index < -0.39 is 0 Å². The van der Waals surface area contributed by atoms with Gasteiger partial charge in [-0.3, -0.25) is 4.98 Å². The molecule has 1 aromatic carbocycles. The van der Waals surface area contributed by atoms with E-state index in [1.807, 2.05) is 6.07 Å². The van der Waals surface area contributed by atoms with Gasteiger partial charge >= 0.3 is 0 Å². The van der Waals surface area contributed by atoms with Crippen molar-refractivity contribution >= 4 is 28.3 Å². The second-order valence-electron chi connectivity index (χ2n) is 6.34. The van der Waals surface area contributed by atoms with Crippen molar-refractivity contribution in [3.8, 4) is 5.75 Å². The van der Waals surface area contributed by atoms with E-state index in [9.17, 15) is 0 Å². The highest BCUT2D eigenvalue weighted by Crippen LogP contribution is 2.33. The van der Waals surface area contributed by atoms with Crippen LogP contribution in [0.4, 0.5) is 5.82 Å². The highest BCUT2D eigenvalue weighted by molar-refractivity contribution is 6.29. The molecule has 1 saturated heterocycles. The Morgan fingerprint density at radius 1 is 1.23 bits per heavy atom. The molecule has 1 atom stereocenters. The van der Waals surface area contributed by atoms with E-state index in [1.165, 1.54) is 5.56 Å². The molecule has 0 saturated carbocycles. The summed E-state index contributed by atoms with van der Waals surface area (Å²) in [6.07, 6.45) is 4.35. The minimum Gasteiger partial charge on any atom is -0.494 e. The first-order chi connectivity index (χ1) is 12.7. The number of aromatic nitrogens is 3. The van der Waals surface area contributed by atoms with E-state index in [4.69, 9.17) is 16.3 Å². The summed E-state index contributed by atoms with van der Waals surface area (Å²) < 4.78 is 5.49. The Labute approximate surface area is 157 Å². The first-order valence-electron chi connectivity index (χ1n) is 8.62. The van der Waals surface area contributed by atoms with Gasteiger partial charge in [0, 0.05) is 25.7 Å². The van der Waals surface area contributed by atoms with Crippen molar-refractivity contribution in [2.45, 2.75) is 12.5 Å². The van der Waals surface area contributed by atoms with Gasteiger partial charge in [-0.15, -0.1) is 0 Å². The van der Waals surface area contributed by atoms with Crippen LogP contribution in [0, 0.1) is 0 Å². The first-order valence-corrected chi connectivity index (χ1v) is 9.00. The molecule has 2 aromatic heterocycles. The van der Waals surface area contributed by atoms with Gasteiger partial charge in [-0.05, 0) is 23.6 Å². The summed E-state index contributed by atoms with van der Waals surface area (Å²) in [7, 11) is 1.63. The molecule has 0 radical (unpaired) electrons. The van der Waals surface area contributed by atoms with Crippen LogP contribution in [-0.2, 0) is 6.42 Å². The highest BCUT2D eigenvalue weighted by Gasteiger charge is 2.24. The van der Waals surface area contributed by atoms with Crippen LogP contribution in [0.2, 0.25) is 5.28 Å². The van der Waals surface area contributed by atoms with Crippen molar-refractivity contribution in [1.82, 2.24) is 20.3 Å². The zero-order chi connectivity index (χ0) is 17.9. The number of benzene rings is 1. The van der Waals surface area contributed by atoms with E-state index in [-0.39, 0.29) is 5.28 Å². The molecule has 0 aliphatic carbocycles. The maximum absolute atomic E-state index is 6.17. The van der Waals surface area contributed by atoms with Crippen LogP contribution in [0.5, 0.6) is 5.75 Å². The van der Waals surface area contributed by atoms with Crippen LogP contribution >= 0.6 is 11.6 Å². The maximum atomic E-state index is 6.17. The van der Waals surface area contributed by atoms with Crippen LogP contribution in [0.1, 0.15) is 5.56 Å². The zero-order valence-electron chi connectivity index (χ0n) is 14.5. The molecule has 1 N–H and O–H groups in total. The Bertz CT molecular complexity index is 905. The molecular formula is C19H20ClN5O. The zero-order valence-corrected chi connectivity index (χ0v) is 15.3. The molecule has 0 amide bonds. The molecule has 0 unspecified atom stereocenters. The van der Waals surface area contributed by atoms with Gasteiger partial charge in [0.15, 0.2) is 0 Å². The van der Waals surface area contributed by atoms with E-state index in [0.29, 0.717) is 17.3 Å². The third kappa shape index (κ3) is 3.43. The third-order valence-corrected chi connectivity index (χ3v) is 4.79. The van der Waals surface area contributed by atoms with Crippen LogP contribution in [0.3, 0.4) is 0 Å². The lowest BCUT2D eigenvalue weighted by Crippen LogP contribution is -2.52. The normalized spacial score (nSPS) is 17.5. The number of pyridine rings is 1. The number of piperazine rings is 1. The topological polar surface area (TPSA) is 63.2 Å². The average Bonchev–Trinajstić information content (AvgIpc) is 2.67. The quantitative estimate of drug-likeness (QED) is 0.713. The molecule has 0 bridgehead atoms. The van der Waals surface area contributed by atoms with E-state index >= 15 is 0 Å². The Morgan fingerprint density at radius 2 is 2.08 bits per heavy atom. The van der Waals surface area contributed by atoms with Crippen LogP contribution < -0.4 is 15.0 Å². The number of hydrogen-bond acceptors (Lipinski definition) is 6. The molecule has 1 fully saturated rings. The monoisotopic (exact) mass is 369 g/mol. The molecule has 4 rings (SSSR count). The number of methoxy groups -OCH3 is 1. The number of halogens is 1. The van der Waals surface area contributed by atoms with Gasteiger partial charge < -0.3 is 15.0 Å². The van der Waals surface area contributed by atoms with Crippen LogP contribution in [-0.4, -0.2) is 47.7 Å². The van der Waals surface area contributed by atoms with Crippen LogP contribution in [0.25, 0.3) is 10.9 Å². The number of anilines is 1. The van der Waals surface area contributed by atoms with E-state index in [2.05, 4.69) is 49.4 Å². The van der Waals surface area contributed by atoms with Crippen molar-refractivity contribution in [3.05, 3.63) is 53.6 Å². The Morgan fingerprint density at radius 3 is 2.88 bits per heavy atom. The SMILES string of the molecule is COc1cncc2nc(Cl)nc(N3CCN[C@@H](Cc4ccccc4)C3)c12. The number of ether oxygens (including phenoxy) is 1. The van der Waals surface area contributed by atoms with Crippen molar-refractivity contribution in [2.24, 2.45) is 0 Å². The minimum atomic E-state index is 0.223. The third-order valence-electron chi connectivity index (χ3n) is 4.63. The molecule has 0 spiro atoms. The fourth-order valence-electron chi connectivity index (χ4n) is 3.44. The fraction of sp³-hybridized carbons (Fsp3) is 0.316.